The second-order valence-corrected chi connectivity index (χ2v) is 4.62. The van der Waals surface area contributed by atoms with Crippen LogP contribution in [-0.4, -0.2) is 37.3 Å². The first kappa shape index (κ1) is 14.3. The molecule has 2 N–H and O–H groups in total. The number of methoxy groups -OCH3 is 1. The van der Waals surface area contributed by atoms with Gasteiger partial charge in [0.25, 0.3) is 0 Å². The highest BCUT2D eigenvalue weighted by Gasteiger charge is 2.22. The van der Waals surface area contributed by atoms with Crippen molar-refractivity contribution in [2.45, 2.75) is 12.8 Å². The first-order valence-corrected chi connectivity index (χ1v) is 6.41. The Morgan fingerprint density at radius 1 is 1.45 bits per heavy atom. The largest absolute Gasteiger partial charge is 0.496 e. The Morgan fingerprint density at radius 3 is 2.85 bits per heavy atom. The van der Waals surface area contributed by atoms with Crippen LogP contribution >= 0.6 is 0 Å². The molecule has 1 heterocycles. The fraction of sp³-hybridized carbons (Fsp3) is 0.429. The number of amides is 1. The van der Waals surface area contributed by atoms with Crippen LogP contribution in [0.15, 0.2) is 18.2 Å². The van der Waals surface area contributed by atoms with Crippen molar-refractivity contribution in [3.8, 4) is 5.75 Å². The summed E-state index contributed by atoms with van der Waals surface area (Å²) in [5.41, 5.74) is 0.578. The lowest BCUT2D eigenvalue weighted by Gasteiger charge is -2.21. The van der Waals surface area contributed by atoms with E-state index in [0.29, 0.717) is 18.9 Å². The molecular weight excluding hydrogens is 262 g/mol. The van der Waals surface area contributed by atoms with E-state index >= 15 is 0 Å². The van der Waals surface area contributed by atoms with Crippen molar-refractivity contribution in [1.29, 1.82) is 0 Å². The summed E-state index contributed by atoms with van der Waals surface area (Å²) in [4.78, 5) is 23.0. The predicted molar refractivity (Wildman–Crippen MR) is 72.1 cm³/mol. The SMILES string of the molecule is COc1cc(NC(=O)C2CCCOC2)ccc1C(=O)O. The molecule has 0 aromatic heterocycles. The van der Waals surface area contributed by atoms with Crippen LogP contribution < -0.4 is 10.1 Å². The van der Waals surface area contributed by atoms with E-state index in [2.05, 4.69) is 5.32 Å². The lowest BCUT2D eigenvalue weighted by Crippen LogP contribution is -2.30. The highest BCUT2D eigenvalue weighted by Crippen LogP contribution is 2.24. The first-order valence-electron chi connectivity index (χ1n) is 6.41. The highest BCUT2D eigenvalue weighted by atomic mass is 16.5. The van der Waals surface area contributed by atoms with Gasteiger partial charge in [0.15, 0.2) is 0 Å². The van der Waals surface area contributed by atoms with Crippen LogP contribution in [0.1, 0.15) is 23.2 Å². The van der Waals surface area contributed by atoms with Gasteiger partial charge < -0.3 is 19.9 Å². The first-order chi connectivity index (χ1) is 9.61. The highest BCUT2D eigenvalue weighted by molar-refractivity contribution is 5.95. The van der Waals surface area contributed by atoms with Gasteiger partial charge in [-0.15, -0.1) is 0 Å². The fourth-order valence-electron chi connectivity index (χ4n) is 2.14. The van der Waals surface area contributed by atoms with Crippen LogP contribution in [0.4, 0.5) is 5.69 Å². The second-order valence-electron chi connectivity index (χ2n) is 4.62. The van der Waals surface area contributed by atoms with Gasteiger partial charge in [0.05, 0.1) is 19.6 Å². The third kappa shape index (κ3) is 3.27. The van der Waals surface area contributed by atoms with E-state index in [1.807, 2.05) is 0 Å². The zero-order valence-corrected chi connectivity index (χ0v) is 11.2. The topological polar surface area (TPSA) is 84.9 Å². The average molecular weight is 279 g/mol. The smallest absolute Gasteiger partial charge is 0.339 e. The van der Waals surface area contributed by atoms with Gasteiger partial charge in [-0.3, -0.25) is 4.79 Å². The lowest BCUT2D eigenvalue weighted by molar-refractivity contribution is -0.123. The molecule has 0 saturated carbocycles. The minimum atomic E-state index is -1.07. The van der Waals surface area contributed by atoms with Crippen molar-refractivity contribution in [2.24, 2.45) is 5.92 Å². The van der Waals surface area contributed by atoms with Crippen molar-refractivity contribution >= 4 is 17.6 Å². The molecule has 0 spiro atoms. The number of aromatic carboxylic acids is 1. The van der Waals surface area contributed by atoms with Gasteiger partial charge in [-0.25, -0.2) is 4.79 Å². The van der Waals surface area contributed by atoms with E-state index in [1.54, 1.807) is 6.07 Å². The molecule has 1 amide bonds. The summed E-state index contributed by atoms with van der Waals surface area (Å²) >= 11 is 0. The van der Waals surface area contributed by atoms with Gasteiger partial charge in [0.1, 0.15) is 11.3 Å². The van der Waals surface area contributed by atoms with E-state index in [9.17, 15) is 9.59 Å². The zero-order chi connectivity index (χ0) is 14.5. The van der Waals surface area contributed by atoms with Crippen LogP contribution in [0.25, 0.3) is 0 Å². The quantitative estimate of drug-likeness (QED) is 0.877. The van der Waals surface area contributed by atoms with E-state index in [-0.39, 0.29) is 23.1 Å². The Kier molecular flexibility index (Phi) is 4.57. The minimum Gasteiger partial charge on any atom is -0.496 e. The molecule has 1 unspecified atom stereocenters. The minimum absolute atomic E-state index is 0.0616. The number of carbonyl (C=O) groups is 2. The molecule has 0 bridgehead atoms. The van der Waals surface area contributed by atoms with Gasteiger partial charge in [0.2, 0.25) is 5.91 Å². The number of carboxylic acid groups (broad SMARTS) is 1. The molecule has 0 aliphatic carbocycles. The Labute approximate surface area is 116 Å². The molecule has 1 fully saturated rings. The third-order valence-electron chi connectivity index (χ3n) is 3.23. The normalized spacial score (nSPS) is 18.4. The number of nitrogens with one attached hydrogen (secondary N) is 1. The molecule has 1 aromatic rings. The Morgan fingerprint density at radius 2 is 2.25 bits per heavy atom. The van der Waals surface area contributed by atoms with Crippen LogP contribution in [0.3, 0.4) is 0 Å². The van der Waals surface area contributed by atoms with Crippen LogP contribution in [-0.2, 0) is 9.53 Å². The molecule has 1 atom stereocenters. The summed E-state index contributed by atoms with van der Waals surface area (Å²) in [6.45, 7) is 1.13. The zero-order valence-electron chi connectivity index (χ0n) is 11.2. The summed E-state index contributed by atoms with van der Waals surface area (Å²) in [6, 6.07) is 4.47. The van der Waals surface area contributed by atoms with Crippen LogP contribution in [0, 0.1) is 5.92 Å². The average Bonchev–Trinajstić information content (AvgIpc) is 2.47. The summed E-state index contributed by atoms with van der Waals surface area (Å²) in [5, 5.41) is 11.8. The summed E-state index contributed by atoms with van der Waals surface area (Å²) in [7, 11) is 1.39. The molecule has 0 radical (unpaired) electrons. The number of hydrogen-bond donors (Lipinski definition) is 2. The molecule has 6 nitrogen and oxygen atoms in total. The number of carbonyl (C=O) groups excluding carboxylic acids is 1. The Hall–Kier alpha value is -2.08. The maximum absolute atomic E-state index is 12.0. The number of ether oxygens (including phenoxy) is 2. The second kappa shape index (κ2) is 6.38. The molecule has 1 aliphatic heterocycles. The van der Waals surface area contributed by atoms with E-state index in [4.69, 9.17) is 14.6 Å². The Balaban J connectivity index is 2.09. The van der Waals surface area contributed by atoms with Crippen molar-refractivity contribution in [3.05, 3.63) is 23.8 Å². The molecule has 1 saturated heterocycles. The predicted octanol–water partition coefficient (Wildman–Crippen LogP) is 1.76. The maximum atomic E-state index is 12.0. The van der Waals surface area contributed by atoms with Crippen LogP contribution in [0.2, 0.25) is 0 Å². The molecule has 108 valence electrons. The van der Waals surface area contributed by atoms with Crippen molar-refractivity contribution in [3.63, 3.8) is 0 Å². The van der Waals surface area contributed by atoms with E-state index in [0.717, 1.165) is 12.8 Å². The number of carboxylic acids is 1. The number of benzene rings is 1. The number of rotatable bonds is 4. The number of hydrogen-bond acceptors (Lipinski definition) is 4. The standard InChI is InChI=1S/C14H17NO5/c1-19-12-7-10(4-5-11(12)14(17)18)15-13(16)9-3-2-6-20-8-9/h4-5,7,9H,2-3,6,8H2,1H3,(H,15,16)(H,17,18). The van der Waals surface area contributed by atoms with E-state index < -0.39 is 5.97 Å². The third-order valence-corrected chi connectivity index (χ3v) is 3.23. The molecule has 1 aromatic carbocycles. The van der Waals surface area contributed by atoms with Gasteiger partial charge in [-0.1, -0.05) is 0 Å². The van der Waals surface area contributed by atoms with Gasteiger partial charge in [0, 0.05) is 18.4 Å². The van der Waals surface area contributed by atoms with Gasteiger partial charge >= 0.3 is 5.97 Å². The maximum Gasteiger partial charge on any atom is 0.339 e. The van der Waals surface area contributed by atoms with E-state index in [1.165, 1.54) is 19.2 Å². The van der Waals surface area contributed by atoms with Crippen LogP contribution in [0.5, 0.6) is 5.75 Å². The molecule has 20 heavy (non-hydrogen) atoms. The van der Waals surface area contributed by atoms with Crippen molar-refractivity contribution in [2.75, 3.05) is 25.6 Å². The molecular formula is C14H17NO5. The molecule has 1 aliphatic rings. The monoisotopic (exact) mass is 279 g/mol. The van der Waals surface area contributed by atoms with Crippen molar-refractivity contribution < 1.29 is 24.2 Å². The summed E-state index contributed by atoms with van der Waals surface area (Å²) in [6.07, 6.45) is 1.68. The summed E-state index contributed by atoms with van der Waals surface area (Å²) < 4.78 is 10.3. The fourth-order valence-corrected chi connectivity index (χ4v) is 2.14. The number of anilines is 1. The lowest BCUT2D eigenvalue weighted by atomic mass is 10.0. The van der Waals surface area contributed by atoms with Crippen molar-refractivity contribution in [1.82, 2.24) is 0 Å². The molecule has 2 rings (SSSR count). The Bertz CT molecular complexity index is 508. The molecule has 6 heteroatoms. The summed E-state index contributed by atoms with van der Waals surface area (Å²) in [5.74, 6) is -1.13. The van der Waals surface area contributed by atoms with Gasteiger partial charge in [-0.2, -0.15) is 0 Å². The van der Waals surface area contributed by atoms with Gasteiger partial charge in [-0.05, 0) is 25.0 Å².